The lowest BCUT2D eigenvalue weighted by Gasteiger charge is -2.09. The number of nitrogens with one attached hydrogen (secondary N) is 1. The van der Waals surface area contributed by atoms with Gasteiger partial charge in [0.2, 0.25) is 5.78 Å². The summed E-state index contributed by atoms with van der Waals surface area (Å²) in [5, 5.41) is 12.6. The van der Waals surface area contributed by atoms with Crippen LogP contribution in [0.4, 0.5) is 5.69 Å². The van der Waals surface area contributed by atoms with E-state index in [1.165, 1.54) is 7.11 Å². The first kappa shape index (κ1) is 17.3. The molecule has 0 aromatic heterocycles. The van der Waals surface area contributed by atoms with Gasteiger partial charge in [0.05, 0.1) is 7.11 Å². The van der Waals surface area contributed by atoms with Crippen LogP contribution in [0.3, 0.4) is 0 Å². The highest BCUT2D eigenvalue weighted by Crippen LogP contribution is 2.19. The van der Waals surface area contributed by atoms with Crippen LogP contribution in [0.5, 0.6) is 5.75 Å². The Labute approximate surface area is 140 Å². The first-order chi connectivity index (χ1) is 11.4. The molecule has 0 aliphatic rings. The smallest absolute Gasteiger partial charge is 0.296 e. The van der Waals surface area contributed by atoms with E-state index < -0.39 is 11.7 Å². The molecule has 0 spiro atoms. The van der Waals surface area contributed by atoms with Crippen LogP contribution in [0.15, 0.2) is 48.5 Å². The zero-order valence-corrected chi connectivity index (χ0v) is 13.8. The third-order valence-corrected chi connectivity index (χ3v) is 3.71. The normalized spacial score (nSPS) is 11.0. The van der Waals surface area contributed by atoms with Crippen LogP contribution >= 0.6 is 0 Å². The van der Waals surface area contributed by atoms with Crippen molar-refractivity contribution in [3.8, 4) is 5.75 Å². The SMILES string of the molecule is COc1cccc(C(O)=CC(=O)C(=O)Nc2cccc(C)c2C)c1. The lowest BCUT2D eigenvalue weighted by atomic mass is 10.1. The van der Waals surface area contributed by atoms with Crippen molar-refractivity contribution in [2.45, 2.75) is 13.8 Å². The number of anilines is 1. The molecule has 0 fully saturated rings. The summed E-state index contributed by atoms with van der Waals surface area (Å²) in [7, 11) is 1.50. The summed E-state index contributed by atoms with van der Waals surface area (Å²) in [4.78, 5) is 24.0. The number of hydrogen-bond acceptors (Lipinski definition) is 4. The van der Waals surface area contributed by atoms with E-state index in [9.17, 15) is 14.7 Å². The van der Waals surface area contributed by atoms with Crippen LogP contribution in [0.1, 0.15) is 16.7 Å². The Balaban J connectivity index is 2.15. The van der Waals surface area contributed by atoms with Gasteiger partial charge < -0.3 is 15.2 Å². The zero-order chi connectivity index (χ0) is 17.7. The lowest BCUT2D eigenvalue weighted by molar-refractivity contribution is -0.131. The van der Waals surface area contributed by atoms with E-state index in [-0.39, 0.29) is 5.76 Å². The maximum Gasteiger partial charge on any atom is 0.296 e. The Bertz CT molecular complexity index is 809. The van der Waals surface area contributed by atoms with E-state index in [0.717, 1.165) is 17.2 Å². The second kappa shape index (κ2) is 7.46. The van der Waals surface area contributed by atoms with Gasteiger partial charge in [0.1, 0.15) is 11.5 Å². The van der Waals surface area contributed by atoms with Gasteiger partial charge in [-0.3, -0.25) is 9.59 Å². The van der Waals surface area contributed by atoms with E-state index in [1.807, 2.05) is 19.9 Å². The molecule has 2 N–H and O–H groups in total. The number of carbonyl (C=O) groups excluding carboxylic acids is 2. The van der Waals surface area contributed by atoms with Crippen LogP contribution in [0.2, 0.25) is 0 Å². The monoisotopic (exact) mass is 325 g/mol. The Hall–Kier alpha value is -3.08. The van der Waals surface area contributed by atoms with Crippen molar-refractivity contribution in [1.29, 1.82) is 0 Å². The number of methoxy groups -OCH3 is 1. The highest BCUT2D eigenvalue weighted by molar-refractivity contribution is 6.45. The summed E-state index contributed by atoms with van der Waals surface area (Å²) in [6.45, 7) is 3.78. The van der Waals surface area contributed by atoms with Crippen molar-refractivity contribution in [2.24, 2.45) is 0 Å². The molecule has 2 aromatic carbocycles. The third kappa shape index (κ3) is 4.01. The van der Waals surface area contributed by atoms with Crippen molar-refractivity contribution >= 4 is 23.1 Å². The number of hydrogen-bond donors (Lipinski definition) is 2. The molecule has 2 rings (SSSR count). The largest absolute Gasteiger partial charge is 0.507 e. The highest BCUT2D eigenvalue weighted by Gasteiger charge is 2.14. The standard InChI is InChI=1S/C19H19NO4/c1-12-6-4-9-16(13(12)2)20-19(23)18(22)11-17(21)14-7-5-8-15(10-14)24-3/h4-11,21H,1-3H3,(H,20,23). The molecular formula is C19H19NO4. The fourth-order valence-electron chi connectivity index (χ4n) is 2.13. The molecule has 0 unspecified atom stereocenters. The highest BCUT2D eigenvalue weighted by atomic mass is 16.5. The van der Waals surface area contributed by atoms with Gasteiger partial charge in [-0.15, -0.1) is 0 Å². The van der Waals surface area contributed by atoms with Crippen LogP contribution in [-0.4, -0.2) is 23.9 Å². The van der Waals surface area contributed by atoms with Gasteiger partial charge >= 0.3 is 0 Å². The molecule has 124 valence electrons. The second-order valence-electron chi connectivity index (χ2n) is 5.33. The minimum Gasteiger partial charge on any atom is -0.507 e. The maximum atomic E-state index is 12.0. The molecule has 0 saturated carbocycles. The van der Waals surface area contributed by atoms with Gasteiger partial charge in [0, 0.05) is 17.3 Å². The quantitative estimate of drug-likeness (QED) is 0.502. The van der Waals surface area contributed by atoms with Gasteiger partial charge in [0.25, 0.3) is 5.91 Å². The van der Waals surface area contributed by atoms with Gasteiger partial charge in [0.15, 0.2) is 0 Å². The molecule has 0 heterocycles. The number of ether oxygens (including phenoxy) is 1. The predicted octanol–water partition coefficient (Wildman–Crippen LogP) is 3.42. The first-order valence-electron chi connectivity index (χ1n) is 7.39. The summed E-state index contributed by atoms with van der Waals surface area (Å²) in [6.07, 6.45) is 0.898. The lowest BCUT2D eigenvalue weighted by Crippen LogP contribution is -2.21. The van der Waals surface area contributed by atoms with E-state index in [0.29, 0.717) is 17.0 Å². The van der Waals surface area contributed by atoms with Crippen LogP contribution < -0.4 is 10.1 Å². The van der Waals surface area contributed by atoms with Crippen LogP contribution in [-0.2, 0) is 9.59 Å². The van der Waals surface area contributed by atoms with Crippen LogP contribution in [0, 0.1) is 13.8 Å². The zero-order valence-electron chi connectivity index (χ0n) is 13.8. The number of benzene rings is 2. The minimum atomic E-state index is -0.837. The molecule has 1 amide bonds. The Morgan fingerprint density at radius 1 is 1.12 bits per heavy atom. The number of carbonyl (C=O) groups is 2. The molecule has 0 bridgehead atoms. The van der Waals surface area contributed by atoms with E-state index in [2.05, 4.69) is 5.32 Å². The maximum absolute atomic E-state index is 12.0. The summed E-state index contributed by atoms with van der Waals surface area (Å²) < 4.78 is 5.06. The Morgan fingerprint density at radius 3 is 2.54 bits per heavy atom. The second-order valence-corrected chi connectivity index (χ2v) is 5.33. The van der Waals surface area contributed by atoms with E-state index >= 15 is 0 Å². The van der Waals surface area contributed by atoms with Gasteiger partial charge in [-0.25, -0.2) is 0 Å². The van der Waals surface area contributed by atoms with Crippen LogP contribution in [0.25, 0.3) is 5.76 Å². The summed E-state index contributed by atoms with van der Waals surface area (Å²) >= 11 is 0. The average molecular weight is 325 g/mol. The van der Waals surface area contributed by atoms with E-state index in [1.54, 1.807) is 36.4 Å². The van der Waals surface area contributed by atoms with Crippen molar-refractivity contribution in [3.05, 3.63) is 65.2 Å². The van der Waals surface area contributed by atoms with Gasteiger partial charge in [-0.05, 0) is 43.2 Å². The topological polar surface area (TPSA) is 75.6 Å². The number of rotatable bonds is 5. The Kier molecular flexibility index (Phi) is 5.37. The average Bonchev–Trinajstić information content (AvgIpc) is 2.58. The van der Waals surface area contributed by atoms with Gasteiger partial charge in [-0.2, -0.15) is 0 Å². The minimum absolute atomic E-state index is 0.296. The van der Waals surface area contributed by atoms with Crippen molar-refractivity contribution in [3.63, 3.8) is 0 Å². The van der Waals surface area contributed by atoms with Crippen molar-refractivity contribution in [2.75, 3.05) is 12.4 Å². The number of aliphatic hydroxyl groups excluding tert-OH is 1. The number of aryl methyl sites for hydroxylation is 1. The van der Waals surface area contributed by atoms with Crippen molar-refractivity contribution in [1.82, 2.24) is 0 Å². The fraction of sp³-hybridized carbons (Fsp3) is 0.158. The number of ketones is 1. The summed E-state index contributed by atoms with van der Waals surface area (Å²) in [5.41, 5.74) is 2.86. The molecule has 24 heavy (non-hydrogen) atoms. The van der Waals surface area contributed by atoms with Crippen molar-refractivity contribution < 1.29 is 19.4 Å². The molecule has 2 aromatic rings. The number of aliphatic hydroxyl groups is 1. The predicted molar refractivity (Wildman–Crippen MR) is 93.2 cm³/mol. The third-order valence-electron chi connectivity index (χ3n) is 3.71. The molecule has 0 atom stereocenters. The molecule has 5 heteroatoms. The molecule has 0 saturated heterocycles. The fourth-order valence-corrected chi connectivity index (χ4v) is 2.13. The first-order valence-corrected chi connectivity index (χ1v) is 7.39. The number of amides is 1. The van der Waals surface area contributed by atoms with E-state index in [4.69, 9.17) is 4.74 Å². The molecule has 0 aliphatic heterocycles. The molecule has 0 radical (unpaired) electrons. The molecule has 0 aliphatic carbocycles. The Morgan fingerprint density at radius 2 is 1.83 bits per heavy atom. The summed E-state index contributed by atoms with van der Waals surface area (Å²) in [5.74, 6) is -1.40. The molecular weight excluding hydrogens is 306 g/mol. The summed E-state index contributed by atoms with van der Waals surface area (Å²) in [6, 6.07) is 12.0. The molecule has 5 nitrogen and oxygen atoms in total. The van der Waals surface area contributed by atoms with Gasteiger partial charge in [-0.1, -0.05) is 24.3 Å².